The minimum absolute atomic E-state index is 0.110. The van der Waals surface area contributed by atoms with Crippen LogP contribution in [0.25, 0.3) is 0 Å². The molecule has 1 aliphatic heterocycles. The summed E-state index contributed by atoms with van der Waals surface area (Å²) in [6.07, 6.45) is 5.95. The molecule has 1 aliphatic rings. The fraction of sp³-hybridized carbons (Fsp3) is 0.429. The molecule has 16 heavy (non-hydrogen) atoms. The Bertz CT molecular complexity index is 386. The van der Waals surface area contributed by atoms with E-state index < -0.39 is 0 Å². The first-order chi connectivity index (χ1) is 7.70. The molecule has 2 heteroatoms. The van der Waals surface area contributed by atoms with E-state index in [-0.39, 0.29) is 6.10 Å². The molecule has 86 valence electrons. The summed E-state index contributed by atoms with van der Waals surface area (Å²) < 4.78 is 7.19. The van der Waals surface area contributed by atoms with E-state index in [2.05, 4.69) is 60.1 Å². The van der Waals surface area contributed by atoms with Crippen molar-refractivity contribution in [2.75, 3.05) is 0 Å². The zero-order chi connectivity index (χ0) is 11.5. The summed E-state index contributed by atoms with van der Waals surface area (Å²) in [6.45, 7) is 4.39. The third-order valence-corrected chi connectivity index (χ3v) is 3.57. The number of hydrogen-bond donors (Lipinski definition) is 0. The Labute approximate surface area is 106 Å². The van der Waals surface area contributed by atoms with Crippen molar-refractivity contribution in [3.8, 4) is 0 Å². The minimum Gasteiger partial charge on any atom is -0.366 e. The Balaban J connectivity index is 2.20. The molecule has 0 amide bonds. The van der Waals surface area contributed by atoms with Gasteiger partial charge in [-0.15, -0.1) is 0 Å². The summed E-state index contributed by atoms with van der Waals surface area (Å²) in [7, 11) is 0. The van der Waals surface area contributed by atoms with Crippen LogP contribution in [-0.2, 0) is 4.74 Å². The molecule has 0 spiro atoms. The third-order valence-electron chi connectivity index (χ3n) is 3.08. The zero-order valence-corrected chi connectivity index (χ0v) is 11.3. The van der Waals surface area contributed by atoms with Gasteiger partial charge in [-0.2, -0.15) is 0 Å². The second-order valence-corrected chi connectivity index (χ2v) is 5.22. The molecule has 0 radical (unpaired) electrons. The van der Waals surface area contributed by atoms with Crippen LogP contribution in [0, 0.1) is 5.92 Å². The largest absolute Gasteiger partial charge is 0.366 e. The van der Waals surface area contributed by atoms with Crippen LogP contribution < -0.4 is 0 Å². The fourth-order valence-corrected chi connectivity index (χ4v) is 2.52. The first-order valence-electron chi connectivity index (χ1n) is 5.80. The minimum atomic E-state index is 0.110. The van der Waals surface area contributed by atoms with E-state index in [4.69, 9.17) is 4.74 Å². The van der Waals surface area contributed by atoms with Gasteiger partial charge in [-0.25, -0.2) is 0 Å². The summed E-state index contributed by atoms with van der Waals surface area (Å²) in [6, 6.07) is 8.33. The highest BCUT2D eigenvalue weighted by atomic mass is 79.9. The van der Waals surface area contributed by atoms with Crippen molar-refractivity contribution in [2.24, 2.45) is 5.92 Å². The van der Waals surface area contributed by atoms with E-state index in [9.17, 15) is 0 Å². The lowest BCUT2D eigenvalue weighted by atomic mass is 9.96. The van der Waals surface area contributed by atoms with Gasteiger partial charge < -0.3 is 4.74 Å². The monoisotopic (exact) mass is 280 g/mol. The van der Waals surface area contributed by atoms with Crippen LogP contribution in [0.15, 0.2) is 40.9 Å². The van der Waals surface area contributed by atoms with Crippen molar-refractivity contribution in [2.45, 2.75) is 32.5 Å². The average Bonchev–Trinajstić information content (AvgIpc) is 2.29. The third kappa shape index (κ3) is 2.55. The highest BCUT2D eigenvalue weighted by molar-refractivity contribution is 9.10. The maximum atomic E-state index is 6.08. The molecule has 0 aliphatic carbocycles. The summed E-state index contributed by atoms with van der Waals surface area (Å²) in [5.74, 6) is 0.522. The normalized spacial score (nSPS) is 29.3. The smallest absolute Gasteiger partial charge is 0.101 e. The summed E-state index contributed by atoms with van der Waals surface area (Å²) in [5.41, 5.74) is 1.22. The zero-order valence-electron chi connectivity index (χ0n) is 9.69. The highest BCUT2D eigenvalue weighted by Gasteiger charge is 2.23. The number of ether oxygens (including phenoxy) is 1. The van der Waals surface area contributed by atoms with Gasteiger partial charge in [0.05, 0.1) is 6.10 Å². The van der Waals surface area contributed by atoms with Crippen LogP contribution in [0.2, 0.25) is 0 Å². The molecule has 0 fully saturated rings. The van der Waals surface area contributed by atoms with Gasteiger partial charge >= 0.3 is 0 Å². The Kier molecular flexibility index (Phi) is 3.82. The number of hydrogen-bond acceptors (Lipinski definition) is 1. The molecule has 0 unspecified atom stereocenters. The molecule has 1 heterocycles. The predicted molar refractivity (Wildman–Crippen MR) is 70.4 cm³/mol. The van der Waals surface area contributed by atoms with E-state index in [0.29, 0.717) is 12.0 Å². The number of rotatable bonds is 2. The number of benzene rings is 1. The van der Waals surface area contributed by atoms with Crippen LogP contribution in [0.4, 0.5) is 0 Å². The first-order valence-corrected chi connectivity index (χ1v) is 6.59. The Morgan fingerprint density at radius 3 is 2.81 bits per heavy atom. The molecule has 1 nitrogen and oxygen atoms in total. The maximum Gasteiger partial charge on any atom is 0.101 e. The summed E-state index contributed by atoms with van der Waals surface area (Å²) >= 11 is 3.49. The van der Waals surface area contributed by atoms with E-state index in [1.165, 1.54) is 5.56 Å². The van der Waals surface area contributed by atoms with E-state index in [0.717, 1.165) is 10.9 Å². The first kappa shape index (κ1) is 11.9. The van der Waals surface area contributed by atoms with Gasteiger partial charge in [0.2, 0.25) is 0 Å². The van der Waals surface area contributed by atoms with E-state index in [1.807, 2.05) is 6.07 Å². The van der Waals surface area contributed by atoms with Gasteiger partial charge in [-0.1, -0.05) is 54.1 Å². The summed E-state index contributed by atoms with van der Waals surface area (Å²) in [4.78, 5) is 0. The van der Waals surface area contributed by atoms with Crippen molar-refractivity contribution >= 4 is 15.9 Å². The van der Waals surface area contributed by atoms with Gasteiger partial charge in [0, 0.05) is 10.4 Å². The Morgan fingerprint density at radius 1 is 1.31 bits per heavy atom. The van der Waals surface area contributed by atoms with E-state index >= 15 is 0 Å². The molecule has 0 saturated heterocycles. The maximum absolute atomic E-state index is 6.08. The molecule has 0 N–H and O–H groups in total. The van der Waals surface area contributed by atoms with Gasteiger partial charge in [-0.3, -0.25) is 0 Å². The van der Waals surface area contributed by atoms with Gasteiger partial charge in [0.15, 0.2) is 0 Å². The highest BCUT2D eigenvalue weighted by Crippen LogP contribution is 2.31. The Hall–Kier alpha value is -0.600. The predicted octanol–water partition coefficient (Wildman–Crippen LogP) is 4.49. The SMILES string of the molecule is CC[C@H]1O[C@H](c2cccc(Br)c2)C=C[C@@H]1C. The molecule has 0 saturated carbocycles. The van der Waals surface area contributed by atoms with Crippen LogP contribution in [0.5, 0.6) is 0 Å². The van der Waals surface area contributed by atoms with Crippen LogP contribution >= 0.6 is 15.9 Å². The van der Waals surface area contributed by atoms with Gasteiger partial charge in [0.25, 0.3) is 0 Å². The number of halogens is 1. The van der Waals surface area contributed by atoms with E-state index in [1.54, 1.807) is 0 Å². The summed E-state index contributed by atoms with van der Waals surface area (Å²) in [5, 5.41) is 0. The van der Waals surface area contributed by atoms with Crippen molar-refractivity contribution in [3.05, 3.63) is 46.5 Å². The van der Waals surface area contributed by atoms with Crippen molar-refractivity contribution in [3.63, 3.8) is 0 Å². The average molecular weight is 281 g/mol. The standard InChI is InChI=1S/C14H17BrO/c1-3-13-10(2)7-8-14(16-13)11-5-4-6-12(15)9-11/h4-10,13-14H,3H2,1-2H3/t10-,13+,14-/m0/s1. The van der Waals surface area contributed by atoms with Crippen LogP contribution in [-0.4, -0.2) is 6.10 Å². The molecule has 1 aromatic carbocycles. The lowest BCUT2D eigenvalue weighted by molar-refractivity contribution is -0.0206. The fourth-order valence-electron chi connectivity index (χ4n) is 2.10. The van der Waals surface area contributed by atoms with Crippen molar-refractivity contribution in [1.82, 2.24) is 0 Å². The van der Waals surface area contributed by atoms with Gasteiger partial charge in [0.1, 0.15) is 6.10 Å². The molecule has 2 rings (SSSR count). The van der Waals surface area contributed by atoms with Crippen molar-refractivity contribution in [1.29, 1.82) is 0 Å². The molecular weight excluding hydrogens is 264 g/mol. The molecule has 0 bridgehead atoms. The topological polar surface area (TPSA) is 9.23 Å². The molecular formula is C14H17BrO. The van der Waals surface area contributed by atoms with Gasteiger partial charge in [-0.05, 0) is 24.1 Å². The second-order valence-electron chi connectivity index (χ2n) is 4.30. The molecule has 0 aromatic heterocycles. The lowest BCUT2D eigenvalue weighted by Crippen LogP contribution is -2.25. The lowest BCUT2D eigenvalue weighted by Gasteiger charge is -2.30. The van der Waals surface area contributed by atoms with Crippen LogP contribution in [0.3, 0.4) is 0 Å². The van der Waals surface area contributed by atoms with Crippen LogP contribution in [0.1, 0.15) is 31.9 Å². The second kappa shape index (κ2) is 5.15. The quantitative estimate of drug-likeness (QED) is 0.726. The van der Waals surface area contributed by atoms with Crippen molar-refractivity contribution < 1.29 is 4.74 Å². The Morgan fingerprint density at radius 2 is 2.12 bits per heavy atom. The molecule has 1 aromatic rings. The molecule has 3 atom stereocenters.